The van der Waals surface area contributed by atoms with Gasteiger partial charge in [-0.1, -0.05) is 30.1 Å². The highest BCUT2D eigenvalue weighted by atomic mass is 35.5. The largest absolute Gasteiger partial charge is 0.325 e. The van der Waals surface area contributed by atoms with Gasteiger partial charge >= 0.3 is 0 Å². The third-order valence-corrected chi connectivity index (χ3v) is 4.45. The number of nitrogens with one attached hydrogen (secondary N) is 2. The van der Waals surface area contributed by atoms with E-state index in [4.69, 9.17) is 23.2 Å². The smallest absolute Gasteiger partial charge is 0.225 e. The van der Waals surface area contributed by atoms with Crippen molar-refractivity contribution in [2.75, 3.05) is 31.5 Å². The van der Waals surface area contributed by atoms with E-state index in [0.717, 1.165) is 39.0 Å². The van der Waals surface area contributed by atoms with Crippen LogP contribution in [0.25, 0.3) is 0 Å². The Balaban J connectivity index is 1.86. The predicted molar refractivity (Wildman–Crippen MR) is 92.8 cm³/mol. The lowest BCUT2D eigenvalue weighted by molar-refractivity contribution is -0.116. The van der Waals surface area contributed by atoms with E-state index < -0.39 is 0 Å². The van der Waals surface area contributed by atoms with Crippen molar-refractivity contribution in [3.63, 3.8) is 0 Å². The van der Waals surface area contributed by atoms with Crippen molar-refractivity contribution in [1.29, 1.82) is 0 Å². The molecule has 1 heterocycles. The third-order valence-electron chi connectivity index (χ3n) is 3.89. The molecule has 0 spiro atoms. The first-order valence-corrected chi connectivity index (χ1v) is 8.55. The first-order valence-electron chi connectivity index (χ1n) is 7.80. The van der Waals surface area contributed by atoms with Gasteiger partial charge in [0.15, 0.2) is 0 Å². The second kappa shape index (κ2) is 8.73. The molecule has 0 saturated carbocycles. The Bertz CT molecular complexity index is 504. The fourth-order valence-electron chi connectivity index (χ4n) is 2.77. The lowest BCUT2D eigenvalue weighted by Gasteiger charge is -2.27. The van der Waals surface area contributed by atoms with E-state index in [1.54, 1.807) is 18.2 Å². The molecule has 0 aromatic heterocycles. The van der Waals surface area contributed by atoms with Crippen LogP contribution in [0.15, 0.2) is 18.2 Å². The second-order valence-electron chi connectivity index (χ2n) is 5.60. The highest BCUT2D eigenvalue weighted by Gasteiger charge is 2.22. The molecule has 1 unspecified atom stereocenters. The molecule has 122 valence electrons. The van der Waals surface area contributed by atoms with E-state index in [1.807, 2.05) is 0 Å². The molecule has 0 aliphatic carbocycles. The molecule has 1 saturated heterocycles. The zero-order valence-electron chi connectivity index (χ0n) is 12.9. The molecule has 1 aromatic carbocycles. The van der Waals surface area contributed by atoms with E-state index in [1.165, 1.54) is 0 Å². The number of carbonyl (C=O) groups excluding carboxylic acids is 1. The van der Waals surface area contributed by atoms with Crippen LogP contribution >= 0.6 is 23.2 Å². The Morgan fingerprint density at radius 2 is 2.23 bits per heavy atom. The normalized spacial score (nSPS) is 17.9. The lowest BCUT2D eigenvalue weighted by atomic mass is 10.2. The minimum Gasteiger partial charge on any atom is -0.325 e. The number of nitrogens with zero attached hydrogens (tertiary/aromatic N) is 1. The summed E-state index contributed by atoms with van der Waals surface area (Å²) >= 11 is 12.0. The molecular formula is C16H23Cl2N3O. The number of benzene rings is 1. The third kappa shape index (κ3) is 5.13. The van der Waals surface area contributed by atoms with Gasteiger partial charge in [0, 0.05) is 30.6 Å². The summed E-state index contributed by atoms with van der Waals surface area (Å²) in [5, 5.41) is 7.28. The Morgan fingerprint density at radius 1 is 1.41 bits per heavy atom. The van der Waals surface area contributed by atoms with E-state index in [9.17, 15) is 4.79 Å². The highest BCUT2D eigenvalue weighted by molar-refractivity contribution is 6.35. The summed E-state index contributed by atoms with van der Waals surface area (Å²) in [6, 6.07) is 5.61. The van der Waals surface area contributed by atoms with Crippen LogP contribution in [0.2, 0.25) is 10.0 Å². The molecule has 0 bridgehead atoms. The lowest BCUT2D eigenvalue weighted by Crippen LogP contribution is -2.39. The van der Waals surface area contributed by atoms with Crippen molar-refractivity contribution in [3.8, 4) is 0 Å². The average molecular weight is 344 g/mol. The highest BCUT2D eigenvalue weighted by Crippen LogP contribution is 2.25. The van der Waals surface area contributed by atoms with Gasteiger partial charge < -0.3 is 10.6 Å². The summed E-state index contributed by atoms with van der Waals surface area (Å²) in [6.07, 6.45) is 2.71. The fourth-order valence-corrected chi connectivity index (χ4v) is 3.10. The topological polar surface area (TPSA) is 44.4 Å². The Labute approximate surface area is 142 Å². The van der Waals surface area contributed by atoms with Crippen molar-refractivity contribution in [3.05, 3.63) is 28.2 Å². The van der Waals surface area contributed by atoms with Crippen LogP contribution in [0.4, 0.5) is 5.69 Å². The SMILES string of the molecule is CCCN(CCC(=O)Nc1cc(Cl)ccc1Cl)C1CCNC1. The fraction of sp³-hybridized carbons (Fsp3) is 0.562. The Kier molecular flexibility index (Phi) is 6.96. The molecule has 1 atom stereocenters. The number of hydrogen-bond acceptors (Lipinski definition) is 3. The van der Waals surface area contributed by atoms with Gasteiger partial charge in [-0.3, -0.25) is 9.69 Å². The Morgan fingerprint density at radius 3 is 2.91 bits per heavy atom. The number of amides is 1. The standard InChI is InChI=1S/C16H23Cl2N3O/c1-2-8-21(13-5-7-19-11-13)9-6-16(22)20-15-10-12(17)3-4-14(15)18/h3-4,10,13,19H,2,5-9,11H2,1H3,(H,20,22). The molecule has 1 aliphatic heterocycles. The van der Waals surface area contributed by atoms with E-state index in [-0.39, 0.29) is 5.91 Å². The van der Waals surface area contributed by atoms with E-state index >= 15 is 0 Å². The van der Waals surface area contributed by atoms with Crippen LogP contribution in [-0.2, 0) is 4.79 Å². The van der Waals surface area contributed by atoms with Gasteiger partial charge in [0.1, 0.15) is 0 Å². The average Bonchev–Trinajstić information content (AvgIpc) is 3.01. The van der Waals surface area contributed by atoms with Crippen molar-refractivity contribution in [2.24, 2.45) is 0 Å². The van der Waals surface area contributed by atoms with E-state index in [0.29, 0.717) is 28.2 Å². The van der Waals surface area contributed by atoms with Crippen LogP contribution in [0, 0.1) is 0 Å². The molecule has 1 aromatic rings. The minimum atomic E-state index is -0.0313. The molecule has 1 aliphatic rings. The van der Waals surface area contributed by atoms with Crippen molar-refractivity contribution < 1.29 is 4.79 Å². The van der Waals surface area contributed by atoms with Gasteiger partial charge in [-0.2, -0.15) is 0 Å². The summed E-state index contributed by atoms with van der Waals surface area (Å²) in [7, 11) is 0. The van der Waals surface area contributed by atoms with Crippen molar-refractivity contribution in [2.45, 2.75) is 32.2 Å². The summed E-state index contributed by atoms with van der Waals surface area (Å²) in [6.45, 7) is 6.04. The molecule has 4 nitrogen and oxygen atoms in total. The van der Waals surface area contributed by atoms with Crippen LogP contribution in [0.5, 0.6) is 0 Å². The minimum absolute atomic E-state index is 0.0313. The second-order valence-corrected chi connectivity index (χ2v) is 6.45. The van der Waals surface area contributed by atoms with Gasteiger partial charge in [0.25, 0.3) is 0 Å². The molecule has 22 heavy (non-hydrogen) atoms. The van der Waals surface area contributed by atoms with Crippen LogP contribution in [0.1, 0.15) is 26.2 Å². The molecular weight excluding hydrogens is 321 g/mol. The molecule has 2 N–H and O–H groups in total. The molecule has 2 rings (SSSR count). The Hall–Kier alpha value is -0.810. The zero-order chi connectivity index (χ0) is 15.9. The van der Waals surface area contributed by atoms with Gasteiger partial charge in [0.2, 0.25) is 5.91 Å². The predicted octanol–water partition coefficient (Wildman–Crippen LogP) is 3.40. The van der Waals surface area contributed by atoms with Crippen molar-refractivity contribution >= 4 is 34.8 Å². The zero-order valence-corrected chi connectivity index (χ0v) is 14.4. The molecule has 6 heteroatoms. The van der Waals surface area contributed by atoms with Crippen molar-refractivity contribution in [1.82, 2.24) is 10.2 Å². The molecule has 0 radical (unpaired) electrons. The maximum absolute atomic E-state index is 12.1. The monoisotopic (exact) mass is 343 g/mol. The van der Waals surface area contributed by atoms with Crippen LogP contribution in [0.3, 0.4) is 0 Å². The summed E-state index contributed by atoms with van der Waals surface area (Å²) in [4.78, 5) is 14.5. The summed E-state index contributed by atoms with van der Waals surface area (Å²) < 4.78 is 0. The van der Waals surface area contributed by atoms with Gasteiger partial charge in [-0.15, -0.1) is 0 Å². The maximum Gasteiger partial charge on any atom is 0.225 e. The van der Waals surface area contributed by atoms with E-state index in [2.05, 4.69) is 22.5 Å². The van der Waals surface area contributed by atoms with Gasteiger partial charge in [0.05, 0.1) is 10.7 Å². The number of hydrogen-bond donors (Lipinski definition) is 2. The maximum atomic E-state index is 12.1. The summed E-state index contributed by atoms with van der Waals surface area (Å²) in [5.41, 5.74) is 0.573. The molecule has 1 fully saturated rings. The van der Waals surface area contributed by atoms with Crippen LogP contribution < -0.4 is 10.6 Å². The first kappa shape index (κ1) is 17.5. The van der Waals surface area contributed by atoms with Crippen LogP contribution in [-0.4, -0.2) is 43.0 Å². The number of halogens is 2. The summed E-state index contributed by atoms with van der Waals surface area (Å²) in [5.74, 6) is -0.0313. The molecule has 1 amide bonds. The van der Waals surface area contributed by atoms with Gasteiger partial charge in [-0.25, -0.2) is 0 Å². The number of anilines is 1. The quantitative estimate of drug-likeness (QED) is 0.797. The number of rotatable bonds is 7. The first-order chi connectivity index (χ1) is 10.6. The van der Waals surface area contributed by atoms with Gasteiger partial charge in [-0.05, 0) is 44.1 Å². The number of carbonyl (C=O) groups is 1.